The molecule has 7 heteroatoms. The summed E-state index contributed by atoms with van der Waals surface area (Å²) in [5, 5.41) is 4.36. The highest BCUT2D eigenvalue weighted by Gasteiger charge is 2.41. The van der Waals surface area contributed by atoms with Crippen LogP contribution in [0.25, 0.3) is 0 Å². The number of hydrogen-bond acceptors (Lipinski definition) is 4. The van der Waals surface area contributed by atoms with E-state index >= 15 is 0 Å². The van der Waals surface area contributed by atoms with Gasteiger partial charge in [-0.05, 0) is 50.3 Å². The molecule has 0 saturated carbocycles. The number of nitrogens with zero attached hydrogens (tertiary/aromatic N) is 4. The molecular formula is C21H29N5OS. The second kappa shape index (κ2) is 8.59. The summed E-state index contributed by atoms with van der Waals surface area (Å²) in [6, 6.07) is 11.0. The Labute approximate surface area is 172 Å². The number of ether oxygens (including phenoxy) is 1. The summed E-state index contributed by atoms with van der Waals surface area (Å²) in [6.07, 6.45) is 4.02. The number of pyridine rings is 1. The maximum absolute atomic E-state index is 5.78. The maximum atomic E-state index is 5.78. The fourth-order valence-electron chi connectivity index (χ4n) is 4.17. The first-order chi connectivity index (χ1) is 13.6. The van der Waals surface area contributed by atoms with E-state index in [0.717, 1.165) is 50.2 Å². The molecule has 4 heterocycles. The molecule has 2 fully saturated rings. The monoisotopic (exact) mass is 399 g/mol. The minimum Gasteiger partial charge on any atom is -0.379 e. The van der Waals surface area contributed by atoms with Gasteiger partial charge in [-0.15, -0.1) is 0 Å². The van der Waals surface area contributed by atoms with Gasteiger partial charge in [-0.1, -0.05) is 6.07 Å². The molecule has 0 aliphatic carbocycles. The van der Waals surface area contributed by atoms with Crippen LogP contribution >= 0.6 is 12.2 Å². The summed E-state index contributed by atoms with van der Waals surface area (Å²) in [5.74, 6) is 0. The molecule has 0 aromatic carbocycles. The van der Waals surface area contributed by atoms with E-state index in [0.29, 0.717) is 6.04 Å². The molecule has 0 radical (unpaired) electrons. The second-order valence-corrected chi connectivity index (χ2v) is 8.09. The average Bonchev–Trinajstić information content (AvgIpc) is 3.32. The van der Waals surface area contributed by atoms with Gasteiger partial charge in [-0.3, -0.25) is 9.88 Å². The van der Waals surface area contributed by atoms with Crippen molar-refractivity contribution in [3.05, 3.63) is 54.1 Å². The maximum Gasteiger partial charge on any atom is 0.170 e. The lowest BCUT2D eigenvalue weighted by atomic mass is 10.0. The summed E-state index contributed by atoms with van der Waals surface area (Å²) in [5.41, 5.74) is 2.31. The van der Waals surface area contributed by atoms with Gasteiger partial charge < -0.3 is 19.5 Å². The van der Waals surface area contributed by atoms with Gasteiger partial charge in [0.15, 0.2) is 5.11 Å². The number of thiocarbonyl (C=S) groups is 1. The van der Waals surface area contributed by atoms with Crippen molar-refractivity contribution in [2.45, 2.75) is 32.0 Å². The standard InChI is InChI=1S/C21H29N5OS/c1-16(2)25-9-5-7-18(25)20-19(17-6-3-4-8-22-17)23-21(28)26(20)11-10-24-12-14-27-15-13-24/h3-9,16,19-20H,10-15H2,1-2H3,(H,23,28)/t19-,20+/m0/s1. The summed E-state index contributed by atoms with van der Waals surface area (Å²) in [4.78, 5) is 9.43. The molecule has 1 N–H and O–H groups in total. The van der Waals surface area contributed by atoms with Gasteiger partial charge in [0, 0.05) is 50.3 Å². The van der Waals surface area contributed by atoms with E-state index in [1.807, 2.05) is 18.3 Å². The van der Waals surface area contributed by atoms with E-state index in [1.165, 1.54) is 5.69 Å². The minimum absolute atomic E-state index is 0.0470. The first-order valence-electron chi connectivity index (χ1n) is 10.1. The van der Waals surface area contributed by atoms with Crippen LogP contribution < -0.4 is 5.32 Å². The average molecular weight is 400 g/mol. The van der Waals surface area contributed by atoms with Crippen LogP contribution in [0.4, 0.5) is 0 Å². The first-order valence-corrected chi connectivity index (χ1v) is 10.5. The van der Waals surface area contributed by atoms with Crippen LogP contribution in [-0.2, 0) is 4.74 Å². The molecule has 0 amide bonds. The van der Waals surface area contributed by atoms with E-state index in [9.17, 15) is 0 Å². The lowest BCUT2D eigenvalue weighted by Gasteiger charge is -2.33. The van der Waals surface area contributed by atoms with Crippen molar-refractivity contribution in [2.24, 2.45) is 0 Å². The van der Waals surface area contributed by atoms with Crippen LogP contribution in [0.3, 0.4) is 0 Å². The van der Waals surface area contributed by atoms with E-state index in [-0.39, 0.29) is 12.1 Å². The first kappa shape index (κ1) is 19.4. The Morgan fingerprint density at radius 2 is 2.00 bits per heavy atom. The Balaban J connectivity index is 1.63. The molecule has 2 saturated heterocycles. The normalized spacial score (nSPS) is 23.4. The molecule has 2 atom stereocenters. The molecule has 6 nitrogen and oxygen atoms in total. The van der Waals surface area contributed by atoms with E-state index in [1.54, 1.807) is 0 Å². The smallest absolute Gasteiger partial charge is 0.170 e. The van der Waals surface area contributed by atoms with Crippen LogP contribution in [0.2, 0.25) is 0 Å². The van der Waals surface area contributed by atoms with Crippen LogP contribution in [-0.4, -0.2) is 63.9 Å². The lowest BCUT2D eigenvalue weighted by Crippen LogP contribution is -2.42. The van der Waals surface area contributed by atoms with Gasteiger partial charge in [-0.2, -0.15) is 0 Å². The summed E-state index contributed by atoms with van der Waals surface area (Å²) >= 11 is 5.78. The number of morpholine rings is 1. The Bertz CT molecular complexity index is 787. The highest BCUT2D eigenvalue weighted by Crippen LogP contribution is 2.39. The third kappa shape index (κ3) is 3.92. The molecule has 2 aliphatic rings. The van der Waals surface area contributed by atoms with Crippen LogP contribution in [0.1, 0.15) is 43.4 Å². The molecule has 2 aliphatic heterocycles. The van der Waals surface area contributed by atoms with E-state index in [4.69, 9.17) is 17.0 Å². The molecule has 150 valence electrons. The molecule has 0 unspecified atom stereocenters. The Hall–Kier alpha value is -1.96. The van der Waals surface area contributed by atoms with Crippen LogP contribution in [0, 0.1) is 0 Å². The predicted molar refractivity (Wildman–Crippen MR) is 114 cm³/mol. The second-order valence-electron chi connectivity index (χ2n) is 7.71. The van der Waals surface area contributed by atoms with Crippen molar-refractivity contribution in [3.63, 3.8) is 0 Å². The Morgan fingerprint density at radius 1 is 1.18 bits per heavy atom. The zero-order chi connectivity index (χ0) is 19.5. The minimum atomic E-state index is 0.0470. The van der Waals surface area contributed by atoms with Gasteiger partial charge in [0.25, 0.3) is 0 Å². The molecule has 0 bridgehead atoms. The Morgan fingerprint density at radius 3 is 2.71 bits per heavy atom. The van der Waals surface area contributed by atoms with Crippen molar-refractivity contribution in [1.82, 2.24) is 24.7 Å². The van der Waals surface area contributed by atoms with Crippen molar-refractivity contribution in [3.8, 4) is 0 Å². The van der Waals surface area contributed by atoms with Crippen molar-refractivity contribution < 1.29 is 4.74 Å². The van der Waals surface area contributed by atoms with Crippen molar-refractivity contribution in [2.75, 3.05) is 39.4 Å². The van der Waals surface area contributed by atoms with Gasteiger partial charge in [0.1, 0.15) is 0 Å². The molecular weight excluding hydrogens is 370 g/mol. The molecule has 2 aromatic rings. The number of hydrogen-bond donors (Lipinski definition) is 1. The highest BCUT2D eigenvalue weighted by molar-refractivity contribution is 7.80. The van der Waals surface area contributed by atoms with Crippen LogP contribution in [0.5, 0.6) is 0 Å². The fourth-order valence-corrected chi connectivity index (χ4v) is 4.50. The zero-order valence-electron chi connectivity index (χ0n) is 16.6. The summed E-state index contributed by atoms with van der Waals surface area (Å²) in [6.45, 7) is 9.94. The third-order valence-electron chi connectivity index (χ3n) is 5.63. The zero-order valence-corrected chi connectivity index (χ0v) is 17.4. The topological polar surface area (TPSA) is 45.6 Å². The number of aromatic nitrogens is 2. The number of nitrogens with one attached hydrogen (secondary N) is 1. The van der Waals surface area contributed by atoms with Crippen molar-refractivity contribution in [1.29, 1.82) is 0 Å². The van der Waals surface area contributed by atoms with Gasteiger partial charge in [0.05, 0.1) is 31.0 Å². The molecule has 0 spiro atoms. The summed E-state index contributed by atoms with van der Waals surface area (Å²) < 4.78 is 7.83. The highest BCUT2D eigenvalue weighted by atomic mass is 32.1. The molecule has 2 aromatic heterocycles. The molecule has 4 rings (SSSR count). The molecule has 28 heavy (non-hydrogen) atoms. The number of rotatable bonds is 6. The fraction of sp³-hybridized carbons (Fsp3) is 0.524. The van der Waals surface area contributed by atoms with Crippen LogP contribution in [0.15, 0.2) is 42.7 Å². The van der Waals surface area contributed by atoms with E-state index in [2.05, 4.69) is 62.9 Å². The van der Waals surface area contributed by atoms with Gasteiger partial charge in [-0.25, -0.2) is 0 Å². The van der Waals surface area contributed by atoms with Gasteiger partial charge >= 0.3 is 0 Å². The van der Waals surface area contributed by atoms with Gasteiger partial charge in [0.2, 0.25) is 0 Å². The Kier molecular flexibility index (Phi) is 5.94. The van der Waals surface area contributed by atoms with Crippen molar-refractivity contribution >= 4 is 17.3 Å². The largest absolute Gasteiger partial charge is 0.379 e. The quantitative estimate of drug-likeness (QED) is 0.754. The third-order valence-corrected chi connectivity index (χ3v) is 5.98. The predicted octanol–water partition coefficient (Wildman–Crippen LogP) is 2.77. The summed E-state index contributed by atoms with van der Waals surface area (Å²) in [7, 11) is 0. The van der Waals surface area contributed by atoms with E-state index < -0.39 is 0 Å². The SMILES string of the molecule is CC(C)n1cccc1[C@@H]1[C@H](c2ccccn2)NC(=S)N1CCN1CCOCC1. The lowest BCUT2D eigenvalue weighted by molar-refractivity contribution is 0.0349.